The van der Waals surface area contributed by atoms with Gasteiger partial charge in [0.05, 0.1) is 30.3 Å². The van der Waals surface area contributed by atoms with E-state index in [1.807, 2.05) is 24.3 Å². The molecule has 2 heterocycles. The van der Waals surface area contributed by atoms with E-state index in [-0.39, 0.29) is 11.3 Å². The zero-order chi connectivity index (χ0) is 23.2. The topological polar surface area (TPSA) is 80.2 Å². The van der Waals surface area contributed by atoms with Crippen molar-refractivity contribution >= 4 is 16.7 Å². The molecular formula is C24H19F3N4O2. The molecule has 0 saturated heterocycles. The highest BCUT2D eigenvalue weighted by atomic mass is 19.4. The number of hydrogen-bond donors (Lipinski definition) is 2. The van der Waals surface area contributed by atoms with Gasteiger partial charge in [-0.2, -0.15) is 13.2 Å². The fourth-order valence-electron chi connectivity index (χ4n) is 4.07. The van der Waals surface area contributed by atoms with E-state index in [1.165, 1.54) is 19.4 Å². The number of nitrogens with zero attached hydrogens (tertiary/aromatic N) is 3. The zero-order valence-corrected chi connectivity index (χ0v) is 17.5. The molecule has 1 aliphatic rings. The number of hydrogen-bond acceptors (Lipinski definition) is 6. The number of nitrogens with one attached hydrogen (secondary N) is 1. The number of methoxy groups -OCH3 is 1. The molecule has 2 atom stereocenters. The highest BCUT2D eigenvalue weighted by Crippen LogP contribution is 2.37. The van der Waals surface area contributed by atoms with Crippen LogP contribution in [0.15, 0.2) is 60.8 Å². The van der Waals surface area contributed by atoms with Gasteiger partial charge in [-0.3, -0.25) is 0 Å². The number of pyridine rings is 1. The first-order valence-corrected chi connectivity index (χ1v) is 10.3. The Kier molecular flexibility index (Phi) is 5.13. The summed E-state index contributed by atoms with van der Waals surface area (Å²) >= 11 is 0. The third kappa shape index (κ3) is 3.95. The van der Waals surface area contributed by atoms with Crippen LogP contribution < -0.4 is 10.1 Å². The van der Waals surface area contributed by atoms with E-state index in [4.69, 9.17) is 4.74 Å². The second-order valence-corrected chi connectivity index (χ2v) is 7.81. The quantitative estimate of drug-likeness (QED) is 0.464. The van der Waals surface area contributed by atoms with Crippen LogP contribution in [0.2, 0.25) is 0 Å². The maximum atomic E-state index is 13.4. The number of aromatic nitrogens is 3. The van der Waals surface area contributed by atoms with Crippen molar-refractivity contribution in [3.8, 4) is 17.3 Å². The number of rotatable bonds is 4. The fraction of sp³-hybridized carbons (Fsp3) is 0.208. The first-order valence-electron chi connectivity index (χ1n) is 10.3. The SMILES string of the molecule is COc1ccc(-c2nc(N[C@H]3c4ccccc4C[C@H]3O)c3ccc(C(F)(F)F)cc3n2)cn1. The maximum absolute atomic E-state index is 13.4. The molecule has 6 nitrogen and oxygen atoms in total. The van der Waals surface area contributed by atoms with Gasteiger partial charge < -0.3 is 15.2 Å². The predicted octanol–water partition coefficient (Wildman–Crippen LogP) is 4.79. The lowest BCUT2D eigenvalue weighted by atomic mass is 10.1. The lowest BCUT2D eigenvalue weighted by molar-refractivity contribution is -0.137. The lowest BCUT2D eigenvalue weighted by Crippen LogP contribution is -2.22. The van der Waals surface area contributed by atoms with Crippen molar-refractivity contribution in [2.24, 2.45) is 0 Å². The summed E-state index contributed by atoms with van der Waals surface area (Å²) in [7, 11) is 1.49. The van der Waals surface area contributed by atoms with Crippen LogP contribution >= 0.6 is 0 Å². The van der Waals surface area contributed by atoms with Crippen LogP contribution in [0, 0.1) is 0 Å². The fourth-order valence-corrected chi connectivity index (χ4v) is 4.07. The summed E-state index contributed by atoms with van der Waals surface area (Å²) in [5.41, 5.74) is 1.79. The normalized spacial score (nSPS) is 17.7. The Balaban J connectivity index is 1.64. The Labute approximate surface area is 187 Å². The molecule has 4 aromatic rings. The highest BCUT2D eigenvalue weighted by molar-refractivity contribution is 5.91. The van der Waals surface area contributed by atoms with Gasteiger partial charge in [-0.15, -0.1) is 0 Å². The number of aliphatic hydroxyl groups is 1. The first kappa shape index (κ1) is 21.1. The number of alkyl halides is 3. The summed E-state index contributed by atoms with van der Waals surface area (Å²) in [4.78, 5) is 13.1. The molecule has 0 bridgehead atoms. The van der Waals surface area contributed by atoms with Crippen LogP contribution in [-0.2, 0) is 12.6 Å². The Morgan fingerprint density at radius 2 is 1.88 bits per heavy atom. The number of aliphatic hydroxyl groups excluding tert-OH is 1. The Bertz CT molecular complexity index is 1330. The largest absolute Gasteiger partial charge is 0.481 e. The van der Waals surface area contributed by atoms with Crippen LogP contribution in [-0.4, -0.2) is 33.3 Å². The molecule has 0 saturated carbocycles. The van der Waals surface area contributed by atoms with Crippen molar-refractivity contribution in [1.29, 1.82) is 0 Å². The van der Waals surface area contributed by atoms with E-state index in [2.05, 4.69) is 20.3 Å². The van der Waals surface area contributed by atoms with Gasteiger partial charge in [0, 0.05) is 29.6 Å². The summed E-state index contributed by atoms with van der Waals surface area (Å²) in [5, 5.41) is 14.3. The number of benzene rings is 2. The van der Waals surface area contributed by atoms with Crippen molar-refractivity contribution in [2.45, 2.75) is 24.7 Å². The average molecular weight is 452 g/mol. The maximum Gasteiger partial charge on any atom is 0.416 e. The molecule has 0 radical (unpaired) electrons. The van der Waals surface area contributed by atoms with E-state index in [0.29, 0.717) is 29.1 Å². The Morgan fingerprint density at radius 3 is 2.61 bits per heavy atom. The summed E-state index contributed by atoms with van der Waals surface area (Å²) in [6.07, 6.45) is -3.23. The van der Waals surface area contributed by atoms with Crippen molar-refractivity contribution < 1.29 is 23.0 Å². The molecule has 0 unspecified atom stereocenters. The molecule has 2 aromatic carbocycles. The Hall–Kier alpha value is -3.72. The molecule has 5 rings (SSSR count). The smallest absolute Gasteiger partial charge is 0.416 e. The van der Waals surface area contributed by atoms with Gasteiger partial charge in [0.1, 0.15) is 5.82 Å². The van der Waals surface area contributed by atoms with Crippen LogP contribution in [0.4, 0.5) is 19.0 Å². The lowest BCUT2D eigenvalue weighted by Gasteiger charge is -2.20. The number of ether oxygens (including phenoxy) is 1. The Morgan fingerprint density at radius 1 is 1.06 bits per heavy atom. The van der Waals surface area contributed by atoms with E-state index < -0.39 is 23.9 Å². The third-order valence-corrected chi connectivity index (χ3v) is 5.72. The van der Waals surface area contributed by atoms with Gasteiger partial charge in [-0.1, -0.05) is 24.3 Å². The summed E-state index contributed by atoms with van der Waals surface area (Å²) in [6, 6.07) is 13.9. The standard InChI is InChI=1S/C24H19F3N4O2/c1-33-20-9-6-14(12-28-20)22-29-18-11-15(24(25,26)27)7-8-17(18)23(31-22)30-21-16-5-3-2-4-13(16)10-19(21)32/h2-9,11-12,19,21,32H,10H2,1H3,(H,29,30,31)/t19-,21+/m1/s1. The molecule has 0 spiro atoms. The summed E-state index contributed by atoms with van der Waals surface area (Å²) in [6.45, 7) is 0. The predicted molar refractivity (Wildman–Crippen MR) is 117 cm³/mol. The molecule has 0 fully saturated rings. The van der Waals surface area contributed by atoms with Gasteiger partial charge in [0.15, 0.2) is 5.82 Å². The highest BCUT2D eigenvalue weighted by Gasteiger charge is 2.33. The van der Waals surface area contributed by atoms with Crippen molar-refractivity contribution in [1.82, 2.24) is 15.0 Å². The number of fused-ring (bicyclic) bond motifs is 2. The minimum Gasteiger partial charge on any atom is -0.481 e. The second kappa shape index (κ2) is 8.00. The molecule has 9 heteroatoms. The van der Waals surface area contributed by atoms with Crippen LogP contribution in [0.1, 0.15) is 22.7 Å². The first-order chi connectivity index (χ1) is 15.8. The van der Waals surface area contributed by atoms with Crippen molar-refractivity contribution in [3.63, 3.8) is 0 Å². The van der Waals surface area contributed by atoms with Crippen molar-refractivity contribution in [2.75, 3.05) is 12.4 Å². The molecule has 2 N–H and O–H groups in total. The molecule has 1 aliphatic carbocycles. The number of anilines is 1. The van der Waals surface area contributed by atoms with Gasteiger partial charge in [0.2, 0.25) is 5.88 Å². The van der Waals surface area contributed by atoms with Crippen LogP contribution in [0.5, 0.6) is 5.88 Å². The summed E-state index contributed by atoms with van der Waals surface area (Å²) < 4.78 is 45.1. The van der Waals surface area contributed by atoms with E-state index in [9.17, 15) is 18.3 Å². The minimum absolute atomic E-state index is 0.133. The van der Waals surface area contributed by atoms with Crippen LogP contribution in [0.3, 0.4) is 0 Å². The van der Waals surface area contributed by atoms with E-state index >= 15 is 0 Å². The minimum atomic E-state index is -4.50. The van der Waals surface area contributed by atoms with E-state index in [1.54, 1.807) is 12.1 Å². The summed E-state index contributed by atoms with van der Waals surface area (Å²) in [5.74, 6) is 0.934. The molecule has 33 heavy (non-hydrogen) atoms. The second-order valence-electron chi connectivity index (χ2n) is 7.81. The molecular weight excluding hydrogens is 433 g/mol. The van der Waals surface area contributed by atoms with Gasteiger partial charge in [0.25, 0.3) is 0 Å². The molecule has 0 aliphatic heterocycles. The van der Waals surface area contributed by atoms with Gasteiger partial charge in [-0.05, 0) is 35.4 Å². The monoisotopic (exact) mass is 452 g/mol. The number of halogens is 3. The van der Waals surface area contributed by atoms with E-state index in [0.717, 1.165) is 23.3 Å². The average Bonchev–Trinajstić information content (AvgIpc) is 3.13. The molecule has 2 aromatic heterocycles. The molecule has 0 amide bonds. The van der Waals surface area contributed by atoms with Crippen molar-refractivity contribution in [3.05, 3.63) is 77.5 Å². The zero-order valence-electron chi connectivity index (χ0n) is 17.5. The van der Waals surface area contributed by atoms with Gasteiger partial charge in [-0.25, -0.2) is 15.0 Å². The van der Waals surface area contributed by atoms with Crippen LogP contribution in [0.25, 0.3) is 22.3 Å². The van der Waals surface area contributed by atoms with Gasteiger partial charge >= 0.3 is 6.18 Å². The molecule has 168 valence electrons. The third-order valence-electron chi connectivity index (χ3n) is 5.72.